The predicted molar refractivity (Wildman–Crippen MR) is 139 cm³/mol. The number of carbonyl (C=O) groups is 1. The molecular weight excluding hydrogens is 454 g/mol. The molecule has 0 saturated carbocycles. The molecule has 5 nitrogen and oxygen atoms in total. The third kappa shape index (κ3) is 4.30. The Kier molecular flexibility index (Phi) is 5.74. The van der Waals surface area contributed by atoms with Gasteiger partial charge in [-0.1, -0.05) is 78.0 Å². The molecule has 1 aromatic heterocycles. The smallest absolute Gasteiger partial charge is 0.237 e. The number of fused-ring (bicyclic) bond motifs is 3. The van der Waals surface area contributed by atoms with Gasteiger partial charge in [-0.3, -0.25) is 4.79 Å². The molecule has 0 radical (unpaired) electrons. The Hall–Kier alpha value is -3.64. The second kappa shape index (κ2) is 9.19. The Morgan fingerprint density at radius 2 is 1.74 bits per heavy atom. The number of rotatable bonds is 4. The van der Waals surface area contributed by atoms with Crippen molar-refractivity contribution in [1.82, 2.24) is 9.97 Å². The molecule has 35 heavy (non-hydrogen) atoms. The summed E-state index contributed by atoms with van der Waals surface area (Å²) in [6.45, 7) is 2.81. The molecule has 2 aliphatic rings. The van der Waals surface area contributed by atoms with Crippen molar-refractivity contribution in [2.24, 2.45) is 0 Å². The average molecular weight is 480 g/mol. The van der Waals surface area contributed by atoms with Crippen LogP contribution in [0.1, 0.15) is 28.7 Å². The van der Waals surface area contributed by atoms with Crippen molar-refractivity contribution >= 4 is 23.4 Å². The number of anilines is 1. The second-order valence-electron chi connectivity index (χ2n) is 8.95. The van der Waals surface area contributed by atoms with Crippen LogP contribution in [0.15, 0.2) is 77.8 Å². The number of amides is 1. The summed E-state index contributed by atoms with van der Waals surface area (Å²) in [6.07, 6.45) is 2.68. The van der Waals surface area contributed by atoms with Gasteiger partial charge in [0, 0.05) is 24.2 Å². The quantitative estimate of drug-likeness (QED) is 0.226. The first-order chi connectivity index (χ1) is 17.2. The van der Waals surface area contributed by atoms with Crippen molar-refractivity contribution in [2.45, 2.75) is 31.2 Å². The minimum absolute atomic E-state index is 0.100. The fourth-order valence-electron chi connectivity index (χ4n) is 4.68. The highest BCUT2D eigenvalue weighted by Crippen LogP contribution is 2.40. The Bertz CT molecular complexity index is 1420. The molecule has 0 N–H and O–H groups in total. The number of aromatic nitrogens is 2. The number of benzene rings is 3. The number of aryl methyl sites for hydroxylation is 2. The summed E-state index contributed by atoms with van der Waals surface area (Å²) >= 11 is 1.48. The number of para-hydroxylation sites is 2. The van der Waals surface area contributed by atoms with Gasteiger partial charge in [-0.25, -0.2) is 4.98 Å². The zero-order valence-corrected chi connectivity index (χ0v) is 20.3. The van der Waals surface area contributed by atoms with E-state index < -0.39 is 0 Å². The van der Waals surface area contributed by atoms with Crippen molar-refractivity contribution in [3.63, 3.8) is 0 Å². The summed E-state index contributed by atoms with van der Waals surface area (Å²) in [5.41, 5.74) is 6.42. The van der Waals surface area contributed by atoms with E-state index in [1.54, 1.807) is 0 Å². The summed E-state index contributed by atoms with van der Waals surface area (Å²) in [4.78, 5) is 24.9. The maximum atomic E-state index is 13.3. The first-order valence-electron chi connectivity index (χ1n) is 11.9. The van der Waals surface area contributed by atoms with Crippen LogP contribution >= 0.6 is 11.8 Å². The topological polar surface area (TPSA) is 55.3 Å². The Labute approximate surface area is 209 Å². The minimum atomic E-state index is 0.100. The maximum Gasteiger partial charge on any atom is 0.237 e. The number of hydrogen-bond donors (Lipinski definition) is 0. The molecule has 0 bridgehead atoms. The van der Waals surface area contributed by atoms with Crippen LogP contribution < -0.4 is 9.64 Å². The number of nitrogens with zero attached hydrogens (tertiary/aromatic N) is 3. The Morgan fingerprint density at radius 3 is 2.60 bits per heavy atom. The number of ether oxygens (including phenoxy) is 1. The number of hydrogen-bond acceptors (Lipinski definition) is 5. The van der Waals surface area contributed by atoms with Gasteiger partial charge in [-0.05, 0) is 43.0 Å². The molecule has 1 amide bonds. The fraction of sp³-hybridized carbons (Fsp3) is 0.207. The number of carbonyl (C=O) groups excluding carboxylic acids is 1. The van der Waals surface area contributed by atoms with Gasteiger partial charge in [0.25, 0.3) is 0 Å². The van der Waals surface area contributed by atoms with Crippen LogP contribution in [0, 0.1) is 6.92 Å². The van der Waals surface area contributed by atoms with Crippen LogP contribution in [0.5, 0.6) is 11.6 Å². The van der Waals surface area contributed by atoms with Crippen LogP contribution in [0.25, 0.3) is 11.4 Å². The van der Waals surface area contributed by atoms with E-state index in [1.807, 2.05) is 53.4 Å². The molecule has 174 valence electrons. The second-order valence-corrected chi connectivity index (χ2v) is 9.92. The zero-order chi connectivity index (χ0) is 23.8. The van der Waals surface area contributed by atoms with Crippen molar-refractivity contribution in [1.29, 1.82) is 0 Å². The molecule has 0 unspecified atom stereocenters. The lowest BCUT2D eigenvalue weighted by Gasteiger charge is -2.29. The van der Waals surface area contributed by atoms with Gasteiger partial charge in [0.1, 0.15) is 10.8 Å². The van der Waals surface area contributed by atoms with Gasteiger partial charge < -0.3 is 9.64 Å². The van der Waals surface area contributed by atoms with Crippen LogP contribution in [0.3, 0.4) is 0 Å². The molecule has 0 saturated heterocycles. The van der Waals surface area contributed by atoms with Gasteiger partial charge in [-0.2, -0.15) is 4.98 Å². The average Bonchev–Trinajstić information content (AvgIpc) is 2.90. The van der Waals surface area contributed by atoms with Gasteiger partial charge in [0.15, 0.2) is 5.82 Å². The van der Waals surface area contributed by atoms with E-state index in [9.17, 15) is 4.79 Å². The summed E-state index contributed by atoms with van der Waals surface area (Å²) in [5.74, 6) is 2.43. The standard InChI is InChI=1S/C29H25N3O2S/c1-19-12-14-21(15-13-19)27-30-28-23(17-22-8-3-5-11-25(22)34-28)29(31-27)35-18-26(33)32-16-6-9-20-7-2-4-10-24(20)32/h2-5,7-8,10-15H,6,9,16-18H2,1H3. The monoisotopic (exact) mass is 479 g/mol. The number of thioether (sulfide) groups is 1. The van der Waals surface area contributed by atoms with Crippen LogP contribution in [0.2, 0.25) is 0 Å². The van der Waals surface area contributed by atoms with Crippen LogP contribution in [0.4, 0.5) is 5.69 Å². The van der Waals surface area contributed by atoms with Gasteiger partial charge >= 0.3 is 0 Å². The van der Waals surface area contributed by atoms with Gasteiger partial charge in [-0.15, -0.1) is 0 Å². The summed E-state index contributed by atoms with van der Waals surface area (Å²) in [6, 6.07) is 24.4. The molecule has 0 spiro atoms. The van der Waals surface area contributed by atoms with E-state index in [2.05, 4.69) is 31.2 Å². The highest BCUT2D eigenvalue weighted by molar-refractivity contribution is 8.00. The van der Waals surface area contributed by atoms with Gasteiger partial charge in [0.05, 0.1) is 11.3 Å². The lowest BCUT2D eigenvalue weighted by molar-refractivity contribution is -0.116. The lowest BCUT2D eigenvalue weighted by Crippen LogP contribution is -2.36. The highest BCUT2D eigenvalue weighted by atomic mass is 32.2. The van der Waals surface area contributed by atoms with Crippen LogP contribution in [-0.4, -0.2) is 28.2 Å². The van der Waals surface area contributed by atoms with Gasteiger partial charge in [0.2, 0.25) is 11.8 Å². The van der Waals surface area contributed by atoms with Crippen molar-refractivity contribution in [3.05, 3.63) is 95.1 Å². The molecule has 2 aliphatic heterocycles. The summed E-state index contributed by atoms with van der Waals surface area (Å²) in [7, 11) is 0. The lowest BCUT2D eigenvalue weighted by atomic mass is 10.0. The summed E-state index contributed by atoms with van der Waals surface area (Å²) < 4.78 is 6.21. The first-order valence-corrected chi connectivity index (χ1v) is 12.9. The molecule has 0 fully saturated rings. The highest BCUT2D eigenvalue weighted by Gasteiger charge is 2.26. The normalized spacial score (nSPS) is 13.9. The first kappa shape index (κ1) is 21.9. The molecular formula is C29H25N3O2S. The maximum absolute atomic E-state index is 13.3. The molecule has 0 aliphatic carbocycles. The predicted octanol–water partition coefficient (Wildman–Crippen LogP) is 6.22. The molecule has 4 aromatic rings. The Morgan fingerprint density at radius 1 is 0.971 bits per heavy atom. The SMILES string of the molecule is Cc1ccc(-c2nc3c(c(SCC(=O)N4CCCc5ccccc54)n2)Cc2ccccc2O3)cc1. The Balaban J connectivity index is 1.32. The van der Waals surface area contributed by atoms with E-state index in [4.69, 9.17) is 14.7 Å². The van der Waals surface area contributed by atoms with E-state index in [-0.39, 0.29) is 5.91 Å². The van der Waals surface area contributed by atoms with E-state index in [1.165, 1.54) is 22.9 Å². The zero-order valence-electron chi connectivity index (χ0n) is 19.5. The summed E-state index contributed by atoms with van der Waals surface area (Å²) in [5, 5.41) is 0.804. The van der Waals surface area contributed by atoms with Crippen molar-refractivity contribution in [3.8, 4) is 23.0 Å². The molecule has 6 rings (SSSR count). The van der Waals surface area contributed by atoms with Crippen LogP contribution in [-0.2, 0) is 17.6 Å². The third-order valence-electron chi connectivity index (χ3n) is 6.53. The minimum Gasteiger partial charge on any atom is -0.438 e. The fourth-order valence-corrected chi connectivity index (χ4v) is 5.58. The van der Waals surface area contributed by atoms with E-state index in [0.717, 1.165) is 52.5 Å². The van der Waals surface area contributed by atoms with E-state index >= 15 is 0 Å². The molecule has 0 atom stereocenters. The largest absolute Gasteiger partial charge is 0.438 e. The van der Waals surface area contributed by atoms with E-state index in [0.29, 0.717) is 23.9 Å². The molecule has 6 heteroatoms. The third-order valence-corrected chi connectivity index (χ3v) is 7.53. The van der Waals surface area contributed by atoms with Crippen molar-refractivity contribution in [2.75, 3.05) is 17.2 Å². The molecule has 3 heterocycles. The molecule has 3 aromatic carbocycles. The van der Waals surface area contributed by atoms with Crippen molar-refractivity contribution < 1.29 is 9.53 Å².